The molecule has 1 fully saturated rings. The second-order valence-electron chi connectivity index (χ2n) is 6.50. The van der Waals surface area contributed by atoms with Gasteiger partial charge in [0.05, 0.1) is 0 Å². The van der Waals surface area contributed by atoms with Crippen molar-refractivity contribution in [2.45, 2.75) is 31.8 Å². The number of amides is 4. The van der Waals surface area contributed by atoms with Crippen LogP contribution in [-0.4, -0.2) is 29.9 Å². The number of anilines is 2. The first-order chi connectivity index (χ1) is 13.0. The van der Waals surface area contributed by atoms with Crippen LogP contribution < -0.4 is 21.3 Å². The molecule has 3 rings (SSSR count). The lowest BCUT2D eigenvalue weighted by atomic mass is 10.2. The standard InChI is InChI=1S/C20H22N4O3/c1-13(18(25)24-20(27)23-15-10-11-15)21-16-8-5-9-17(12-16)22-19(26)14-6-3-2-4-7-14/h2-9,12-13,15,21H,10-11H2,1H3,(H,22,26)(H2,23,24,25,27). The van der Waals surface area contributed by atoms with Gasteiger partial charge in [0.1, 0.15) is 6.04 Å². The zero-order valence-corrected chi connectivity index (χ0v) is 15.0. The molecule has 7 nitrogen and oxygen atoms in total. The van der Waals surface area contributed by atoms with Crippen LogP contribution in [0, 0.1) is 0 Å². The van der Waals surface area contributed by atoms with Gasteiger partial charge in [-0.25, -0.2) is 4.79 Å². The molecule has 0 aromatic heterocycles. The maximum Gasteiger partial charge on any atom is 0.321 e. The van der Waals surface area contributed by atoms with Crippen molar-refractivity contribution in [3.8, 4) is 0 Å². The van der Waals surface area contributed by atoms with E-state index in [0.717, 1.165) is 12.8 Å². The largest absolute Gasteiger partial charge is 0.374 e. The van der Waals surface area contributed by atoms with Crippen molar-refractivity contribution in [2.75, 3.05) is 10.6 Å². The first-order valence-electron chi connectivity index (χ1n) is 8.85. The number of carbonyl (C=O) groups excluding carboxylic acids is 3. The number of benzene rings is 2. The molecule has 4 N–H and O–H groups in total. The maximum atomic E-state index is 12.2. The molecule has 0 bridgehead atoms. The molecule has 1 saturated carbocycles. The predicted molar refractivity (Wildman–Crippen MR) is 104 cm³/mol. The fourth-order valence-electron chi connectivity index (χ4n) is 2.46. The summed E-state index contributed by atoms with van der Waals surface area (Å²) in [6.45, 7) is 1.66. The molecule has 27 heavy (non-hydrogen) atoms. The van der Waals surface area contributed by atoms with E-state index in [2.05, 4.69) is 21.3 Å². The van der Waals surface area contributed by atoms with Gasteiger partial charge in [-0.15, -0.1) is 0 Å². The van der Waals surface area contributed by atoms with E-state index in [9.17, 15) is 14.4 Å². The van der Waals surface area contributed by atoms with Gasteiger partial charge in [0.2, 0.25) is 5.91 Å². The summed E-state index contributed by atoms with van der Waals surface area (Å²) >= 11 is 0. The molecule has 0 aliphatic heterocycles. The molecule has 1 aliphatic rings. The third kappa shape index (κ3) is 5.57. The molecule has 2 aromatic carbocycles. The van der Waals surface area contributed by atoms with Gasteiger partial charge < -0.3 is 16.0 Å². The number of nitrogens with one attached hydrogen (secondary N) is 4. The third-order valence-electron chi connectivity index (χ3n) is 4.08. The molecule has 0 radical (unpaired) electrons. The van der Waals surface area contributed by atoms with Crippen molar-refractivity contribution in [3.05, 3.63) is 60.2 Å². The minimum Gasteiger partial charge on any atom is -0.374 e. The van der Waals surface area contributed by atoms with Crippen LogP contribution in [0.4, 0.5) is 16.2 Å². The number of carbonyl (C=O) groups is 3. The van der Waals surface area contributed by atoms with Crippen LogP contribution in [-0.2, 0) is 4.79 Å². The molecule has 0 saturated heterocycles. The van der Waals surface area contributed by atoms with Gasteiger partial charge in [-0.05, 0) is 50.1 Å². The molecule has 140 valence electrons. The summed E-state index contributed by atoms with van der Waals surface area (Å²) in [6, 6.07) is 15.1. The zero-order valence-electron chi connectivity index (χ0n) is 15.0. The average Bonchev–Trinajstić information content (AvgIpc) is 3.46. The Morgan fingerprint density at radius 2 is 1.67 bits per heavy atom. The predicted octanol–water partition coefficient (Wildman–Crippen LogP) is 2.73. The van der Waals surface area contributed by atoms with Crippen molar-refractivity contribution in [1.29, 1.82) is 0 Å². The quantitative estimate of drug-likeness (QED) is 0.632. The summed E-state index contributed by atoms with van der Waals surface area (Å²) in [5.41, 5.74) is 1.82. The highest BCUT2D eigenvalue weighted by atomic mass is 16.2. The first-order valence-corrected chi connectivity index (χ1v) is 8.85. The number of imide groups is 1. The summed E-state index contributed by atoms with van der Waals surface area (Å²) in [4.78, 5) is 36.0. The molecule has 0 spiro atoms. The van der Waals surface area contributed by atoms with Gasteiger partial charge in [-0.1, -0.05) is 24.3 Å². The Morgan fingerprint density at radius 1 is 0.963 bits per heavy atom. The zero-order chi connectivity index (χ0) is 19.2. The smallest absolute Gasteiger partial charge is 0.321 e. The third-order valence-corrected chi connectivity index (χ3v) is 4.08. The van der Waals surface area contributed by atoms with E-state index in [4.69, 9.17) is 0 Å². The van der Waals surface area contributed by atoms with E-state index < -0.39 is 18.0 Å². The van der Waals surface area contributed by atoms with E-state index in [-0.39, 0.29) is 11.9 Å². The molecule has 7 heteroatoms. The van der Waals surface area contributed by atoms with Crippen molar-refractivity contribution in [1.82, 2.24) is 10.6 Å². The maximum absolute atomic E-state index is 12.2. The van der Waals surface area contributed by atoms with Crippen LogP contribution in [0.25, 0.3) is 0 Å². The average molecular weight is 366 g/mol. The van der Waals surface area contributed by atoms with Crippen LogP contribution in [0.3, 0.4) is 0 Å². The normalized spacial score (nSPS) is 14.0. The minimum absolute atomic E-state index is 0.186. The van der Waals surface area contributed by atoms with E-state index in [0.29, 0.717) is 16.9 Å². The van der Waals surface area contributed by atoms with Gasteiger partial charge >= 0.3 is 6.03 Å². The van der Waals surface area contributed by atoms with Gasteiger partial charge in [0, 0.05) is 23.0 Å². The second kappa shape index (κ2) is 8.35. The number of rotatable bonds is 6. The van der Waals surface area contributed by atoms with Gasteiger partial charge in [0.15, 0.2) is 0 Å². The highest BCUT2D eigenvalue weighted by Gasteiger charge is 2.24. The summed E-state index contributed by atoms with van der Waals surface area (Å²) < 4.78 is 0. The van der Waals surface area contributed by atoms with E-state index in [1.165, 1.54) is 0 Å². The summed E-state index contributed by atoms with van der Waals surface area (Å²) in [5, 5.41) is 10.9. The highest BCUT2D eigenvalue weighted by Crippen LogP contribution is 2.18. The Labute approximate surface area is 157 Å². The Hall–Kier alpha value is -3.35. The van der Waals surface area contributed by atoms with Crippen LogP contribution in [0.2, 0.25) is 0 Å². The lowest BCUT2D eigenvalue weighted by molar-refractivity contribution is -0.120. The lowest BCUT2D eigenvalue weighted by Crippen LogP contribution is -2.46. The second-order valence-corrected chi connectivity index (χ2v) is 6.50. The fourth-order valence-corrected chi connectivity index (χ4v) is 2.46. The van der Waals surface area contributed by atoms with Crippen molar-refractivity contribution in [3.63, 3.8) is 0 Å². The van der Waals surface area contributed by atoms with E-state index in [1.807, 2.05) is 6.07 Å². The minimum atomic E-state index is -0.616. The van der Waals surface area contributed by atoms with E-state index in [1.54, 1.807) is 55.5 Å². The summed E-state index contributed by atoms with van der Waals surface area (Å²) in [5.74, 6) is -0.637. The molecule has 4 amide bonds. The van der Waals surface area contributed by atoms with Crippen LogP contribution in [0.1, 0.15) is 30.1 Å². The van der Waals surface area contributed by atoms with Crippen molar-refractivity contribution in [2.24, 2.45) is 0 Å². The number of urea groups is 1. The van der Waals surface area contributed by atoms with Gasteiger partial charge in [-0.2, -0.15) is 0 Å². The van der Waals surface area contributed by atoms with Crippen LogP contribution in [0.5, 0.6) is 0 Å². The molecular weight excluding hydrogens is 344 g/mol. The van der Waals surface area contributed by atoms with E-state index >= 15 is 0 Å². The first kappa shape index (κ1) is 18.4. The lowest BCUT2D eigenvalue weighted by Gasteiger charge is -2.16. The summed E-state index contributed by atoms with van der Waals surface area (Å²) in [7, 11) is 0. The molecule has 1 aliphatic carbocycles. The molecule has 2 aromatic rings. The number of hydrogen-bond donors (Lipinski definition) is 4. The SMILES string of the molecule is CC(Nc1cccc(NC(=O)c2ccccc2)c1)C(=O)NC(=O)NC1CC1. The monoisotopic (exact) mass is 366 g/mol. The molecule has 1 unspecified atom stereocenters. The van der Waals surface area contributed by atoms with Gasteiger partial charge in [0.25, 0.3) is 5.91 Å². The van der Waals surface area contributed by atoms with Crippen LogP contribution in [0.15, 0.2) is 54.6 Å². The Morgan fingerprint density at radius 3 is 2.37 bits per heavy atom. The summed E-state index contributed by atoms with van der Waals surface area (Å²) in [6.07, 6.45) is 1.91. The molecular formula is C20H22N4O3. The highest BCUT2D eigenvalue weighted by molar-refractivity contribution is 6.04. The number of hydrogen-bond acceptors (Lipinski definition) is 4. The van der Waals surface area contributed by atoms with Gasteiger partial charge in [-0.3, -0.25) is 14.9 Å². The van der Waals surface area contributed by atoms with Crippen LogP contribution >= 0.6 is 0 Å². The van der Waals surface area contributed by atoms with Crippen molar-refractivity contribution >= 4 is 29.2 Å². The molecule has 0 heterocycles. The fraction of sp³-hybridized carbons (Fsp3) is 0.250. The Kier molecular flexibility index (Phi) is 5.71. The topological polar surface area (TPSA) is 99.3 Å². The molecule has 1 atom stereocenters. The Bertz CT molecular complexity index is 834. The Balaban J connectivity index is 1.55. The van der Waals surface area contributed by atoms with Crippen molar-refractivity contribution < 1.29 is 14.4 Å².